The highest BCUT2D eigenvalue weighted by molar-refractivity contribution is 9.10. The maximum Gasteiger partial charge on any atom is 0.432 e. The molecule has 3 heterocycles. The molecule has 2 aromatic carbocycles. The van der Waals surface area contributed by atoms with Crippen molar-refractivity contribution in [1.82, 2.24) is 14.7 Å². The number of nitrogens with zero attached hydrogens (tertiary/aromatic N) is 3. The first-order valence-electron chi connectivity index (χ1n) is 11.7. The number of amides is 4. The van der Waals surface area contributed by atoms with Crippen molar-refractivity contribution >= 4 is 45.8 Å². The molecule has 1 saturated heterocycles. The summed E-state index contributed by atoms with van der Waals surface area (Å²) in [5.41, 5.74) is -3.86. The highest BCUT2D eigenvalue weighted by Crippen LogP contribution is 2.63. The van der Waals surface area contributed by atoms with Crippen molar-refractivity contribution in [2.75, 3.05) is 21.2 Å². The van der Waals surface area contributed by atoms with Crippen molar-refractivity contribution in [3.8, 4) is 0 Å². The van der Waals surface area contributed by atoms with Crippen molar-refractivity contribution in [2.24, 2.45) is 5.41 Å². The summed E-state index contributed by atoms with van der Waals surface area (Å²) in [5.74, 6) is -5.19. The van der Waals surface area contributed by atoms with Gasteiger partial charge in [0, 0.05) is 30.7 Å². The molecule has 0 saturated carbocycles. The number of halogens is 4. The number of carbonyl (C=O) groups is 4. The van der Waals surface area contributed by atoms with Gasteiger partial charge in [0.1, 0.15) is 5.70 Å². The van der Waals surface area contributed by atoms with Gasteiger partial charge in [-0.25, -0.2) is 9.59 Å². The number of esters is 1. The molecule has 3 aliphatic heterocycles. The van der Waals surface area contributed by atoms with E-state index in [9.17, 15) is 32.3 Å². The number of ether oxygens (including phenoxy) is 1. The van der Waals surface area contributed by atoms with Crippen LogP contribution in [-0.4, -0.2) is 65.9 Å². The van der Waals surface area contributed by atoms with E-state index in [1.165, 1.54) is 36.4 Å². The number of rotatable bonds is 2. The number of hydrogen-bond acceptors (Lipinski definition) is 6. The van der Waals surface area contributed by atoms with Gasteiger partial charge in [-0.05, 0) is 34.9 Å². The molecule has 5 rings (SSSR count). The molecule has 1 fully saturated rings. The van der Waals surface area contributed by atoms with E-state index in [1.807, 2.05) is 0 Å². The number of alkyl halides is 3. The van der Waals surface area contributed by atoms with E-state index in [1.54, 1.807) is 18.2 Å². The fourth-order valence-electron chi connectivity index (χ4n) is 5.89. The normalized spacial score (nSPS) is 22.3. The third-order valence-corrected chi connectivity index (χ3v) is 7.92. The number of urea groups is 1. The van der Waals surface area contributed by atoms with Gasteiger partial charge in [0.15, 0.2) is 5.41 Å². The van der Waals surface area contributed by atoms with Crippen molar-refractivity contribution < 1.29 is 37.1 Å². The minimum Gasteiger partial charge on any atom is -0.466 e. The van der Waals surface area contributed by atoms with Crippen LogP contribution in [0.5, 0.6) is 0 Å². The molecule has 0 unspecified atom stereocenters. The molecular formula is C27H21BrF3N3O5. The Morgan fingerprint density at radius 2 is 1.62 bits per heavy atom. The Bertz CT molecular complexity index is 1460. The van der Waals surface area contributed by atoms with Crippen LogP contribution < -0.4 is 0 Å². The number of allylic oxidation sites excluding steroid dienone is 1. The Morgan fingerprint density at radius 1 is 1.00 bits per heavy atom. The Kier molecular flexibility index (Phi) is 6.21. The van der Waals surface area contributed by atoms with Crippen LogP contribution in [0.4, 0.5) is 18.0 Å². The van der Waals surface area contributed by atoms with Crippen LogP contribution in [0.25, 0.3) is 6.08 Å². The molecule has 0 bridgehead atoms. The monoisotopic (exact) mass is 603 g/mol. The van der Waals surface area contributed by atoms with Crippen LogP contribution >= 0.6 is 15.9 Å². The molecule has 12 heteroatoms. The Labute approximate surface area is 229 Å². The second-order valence-electron chi connectivity index (χ2n) is 9.37. The van der Waals surface area contributed by atoms with Crippen molar-refractivity contribution in [2.45, 2.75) is 18.1 Å². The quantitative estimate of drug-likeness (QED) is 0.368. The van der Waals surface area contributed by atoms with Crippen LogP contribution in [-0.2, 0) is 19.1 Å². The van der Waals surface area contributed by atoms with Gasteiger partial charge in [0.25, 0.3) is 0 Å². The first kappa shape index (κ1) is 26.7. The molecular weight excluding hydrogens is 583 g/mol. The number of fused-ring (bicyclic) bond motifs is 4. The van der Waals surface area contributed by atoms with E-state index < -0.39 is 58.6 Å². The lowest BCUT2D eigenvalue weighted by Gasteiger charge is -2.56. The predicted octanol–water partition coefficient (Wildman–Crippen LogP) is 4.60. The standard InChI is InChI=1S/C27H21BrF3N3O5/c1-32-23(36)26(24(37)33(2)25(32)38)19(14-7-5-4-6-8-14)18(22(35)39-3)21(27(29,30)31)34-12-11-15-13-16(28)9-10-17(15)20(26)34/h4-13,19-20H,1-3H3/t19-,20-/m0/s1. The van der Waals surface area contributed by atoms with Gasteiger partial charge in [-0.15, -0.1) is 0 Å². The molecule has 0 aromatic heterocycles. The van der Waals surface area contributed by atoms with Crippen LogP contribution in [0.2, 0.25) is 0 Å². The van der Waals surface area contributed by atoms with Crippen LogP contribution in [0.1, 0.15) is 28.7 Å². The molecule has 0 aliphatic carbocycles. The maximum absolute atomic E-state index is 15.0. The molecule has 3 aliphatic rings. The largest absolute Gasteiger partial charge is 0.466 e. The van der Waals surface area contributed by atoms with Crippen LogP contribution in [0.3, 0.4) is 0 Å². The van der Waals surface area contributed by atoms with Gasteiger partial charge in [-0.1, -0.05) is 52.3 Å². The van der Waals surface area contributed by atoms with Gasteiger partial charge >= 0.3 is 18.2 Å². The summed E-state index contributed by atoms with van der Waals surface area (Å²) in [5, 5.41) is 0. The third kappa shape index (κ3) is 3.64. The smallest absolute Gasteiger partial charge is 0.432 e. The molecule has 2 atom stereocenters. The van der Waals surface area contributed by atoms with Gasteiger partial charge < -0.3 is 9.64 Å². The zero-order valence-electron chi connectivity index (χ0n) is 20.8. The first-order chi connectivity index (χ1) is 18.4. The molecule has 39 heavy (non-hydrogen) atoms. The van der Waals surface area contributed by atoms with E-state index in [-0.39, 0.29) is 11.1 Å². The third-order valence-electron chi connectivity index (χ3n) is 7.42. The first-order valence-corrected chi connectivity index (χ1v) is 12.5. The van der Waals surface area contributed by atoms with Crippen molar-refractivity contribution in [1.29, 1.82) is 0 Å². The predicted molar refractivity (Wildman–Crippen MR) is 135 cm³/mol. The Balaban J connectivity index is 2.02. The summed E-state index contributed by atoms with van der Waals surface area (Å²) in [6.45, 7) is 0. The summed E-state index contributed by atoms with van der Waals surface area (Å²) >= 11 is 3.35. The maximum atomic E-state index is 15.0. The summed E-state index contributed by atoms with van der Waals surface area (Å²) in [4.78, 5) is 57.0. The SMILES string of the molecule is COC(=O)C1=C(C(F)(F)F)N2C=Cc3cc(Br)ccc3[C@H]2C2(C(=O)N(C)C(=O)N(C)C2=O)[C@H]1c1ccccc1. The average molecular weight is 604 g/mol. The minimum absolute atomic E-state index is 0.102. The van der Waals surface area contributed by atoms with E-state index in [4.69, 9.17) is 4.74 Å². The van der Waals surface area contributed by atoms with Gasteiger partial charge in [0.2, 0.25) is 11.8 Å². The molecule has 1 spiro atoms. The molecule has 2 aromatic rings. The minimum atomic E-state index is -5.10. The van der Waals surface area contributed by atoms with Gasteiger partial charge in [-0.3, -0.25) is 19.4 Å². The highest BCUT2D eigenvalue weighted by Gasteiger charge is 2.71. The Morgan fingerprint density at radius 3 is 2.18 bits per heavy atom. The van der Waals surface area contributed by atoms with E-state index in [2.05, 4.69) is 15.9 Å². The lowest BCUT2D eigenvalue weighted by molar-refractivity contribution is -0.171. The number of benzene rings is 2. The van der Waals surface area contributed by atoms with Gasteiger partial charge in [-0.2, -0.15) is 13.2 Å². The fourth-order valence-corrected chi connectivity index (χ4v) is 6.27. The van der Waals surface area contributed by atoms with E-state index in [0.29, 0.717) is 19.8 Å². The molecule has 8 nitrogen and oxygen atoms in total. The Hall–Kier alpha value is -3.93. The van der Waals surface area contributed by atoms with Crippen molar-refractivity contribution in [3.05, 3.63) is 87.2 Å². The molecule has 0 N–H and O–H groups in total. The molecule has 0 radical (unpaired) electrons. The summed E-state index contributed by atoms with van der Waals surface area (Å²) in [6.07, 6.45) is -2.59. The zero-order chi connectivity index (χ0) is 28.4. The summed E-state index contributed by atoms with van der Waals surface area (Å²) in [7, 11) is 3.24. The number of hydrogen-bond donors (Lipinski definition) is 0. The fraction of sp³-hybridized carbons (Fsp3) is 0.259. The lowest BCUT2D eigenvalue weighted by atomic mass is 9.57. The topological polar surface area (TPSA) is 87.2 Å². The second-order valence-corrected chi connectivity index (χ2v) is 10.3. The second kappa shape index (κ2) is 9.08. The molecule has 4 amide bonds. The lowest BCUT2D eigenvalue weighted by Crippen LogP contribution is -2.70. The summed E-state index contributed by atoms with van der Waals surface area (Å²) in [6, 6.07) is 9.80. The van der Waals surface area contributed by atoms with Gasteiger partial charge in [0.05, 0.1) is 18.7 Å². The molecule has 202 valence electrons. The average Bonchev–Trinajstić information content (AvgIpc) is 2.92. The van der Waals surface area contributed by atoms with Crippen molar-refractivity contribution in [3.63, 3.8) is 0 Å². The number of barbiturate groups is 1. The van der Waals surface area contributed by atoms with Crippen LogP contribution in [0.15, 0.2) is 70.5 Å². The number of carbonyl (C=O) groups excluding carboxylic acids is 4. The van der Waals surface area contributed by atoms with Crippen LogP contribution in [0, 0.1) is 5.41 Å². The summed E-state index contributed by atoms with van der Waals surface area (Å²) < 4.78 is 50.3. The van der Waals surface area contributed by atoms with E-state index >= 15 is 0 Å². The number of methoxy groups -OCH3 is 1. The highest BCUT2D eigenvalue weighted by atomic mass is 79.9. The zero-order valence-corrected chi connectivity index (χ0v) is 22.4. The van der Waals surface area contributed by atoms with E-state index in [0.717, 1.165) is 32.3 Å². The number of imide groups is 2.